The van der Waals surface area contributed by atoms with Gasteiger partial charge in [-0.25, -0.2) is 0 Å². The molecule has 0 heterocycles. The summed E-state index contributed by atoms with van der Waals surface area (Å²) in [5.74, 6) is 0.668. The summed E-state index contributed by atoms with van der Waals surface area (Å²) in [6.07, 6.45) is 1.11. The van der Waals surface area contributed by atoms with E-state index in [2.05, 4.69) is 75.5 Å². The Balaban J connectivity index is 2.33. The lowest BCUT2D eigenvalue weighted by Crippen LogP contribution is -2.02. The monoisotopic (exact) mass is 253 g/mol. The summed E-state index contributed by atoms with van der Waals surface area (Å²) in [6.45, 7) is 8.83. The van der Waals surface area contributed by atoms with Gasteiger partial charge in [0.2, 0.25) is 0 Å². The molecule has 100 valence electrons. The van der Waals surface area contributed by atoms with Crippen LogP contribution in [0.4, 0.5) is 11.4 Å². The van der Waals surface area contributed by atoms with Crippen molar-refractivity contribution >= 4 is 11.4 Å². The van der Waals surface area contributed by atoms with Crippen molar-refractivity contribution in [2.75, 3.05) is 5.32 Å². The van der Waals surface area contributed by atoms with Gasteiger partial charge in [0.15, 0.2) is 0 Å². The number of anilines is 2. The van der Waals surface area contributed by atoms with Crippen LogP contribution in [0.5, 0.6) is 0 Å². The number of hydrogen-bond acceptors (Lipinski definition) is 1. The fraction of sp³-hybridized carbons (Fsp3) is 0.333. The average molecular weight is 253 g/mol. The standard InChI is InChI=1S/C18H23N/c1-13(2)12-16-10-5-6-11-17(16)19-18-14(3)8-7-9-15(18)4/h5-11,13,19H,12H2,1-4H3. The fourth-order valence-electron chi connectivity index (χ4n) is 2.41. The molecule has 0 bridgehead atoms. The van der Waals surface area contributed by atoms with E-state index in [1.54, 1.807) is 0 Å². The van der Waals surface area contributed by atoms with Gasteiger partial charge in [-0.2, -0.15) is 0 Å². The van der Waals surface area contributed by atoms with Crippen molar-refractivity contribution in [3.05, 3.63) is 59.2 Å². The topological polar surface area (TPSA) is 12.0 Å². The van der Waals surface area contributed by atoms with Gasteiger partial charge in [0.25, 0.3) is 0 Å². The first-order chi connectivity index (χ1) is 9.08. The Labute approximate surface area is 116 Å². The zero-order valence-corrected chi connectivity index (χ0v) is 12.3. The predicted molar refractivity (Wildman–Crippen MR) is 84.2 cm³/mol. The molecule has 19 heavy (non-hydrogen) atoms. The molecule has 0 aliphatic carbocycles. The summed E-state index contributed by atoms with van der Waals surface area (Å²) in [6, 6.07) is 15.0. The average Bonchev–Trinajstić information content (AvgIpc) is 2.35. The third-order valence-corrected chi connectivity index (χ3v) is 3.39. The molecule has 0 aromatic heterocycles. The second-order valence-corrected chi connectivity index (χ2v) is 5.65. The van der Waals surface area contributed by atoms with Crippen LogP contribution in [-0.4, -0.2) is 0 Å². The van der Waals surface area contributed by atoms with Crippen LogP contribution in [0.3, 0.4) is 0 Å². The van der Waals surface area contributed by atoms with Crippen molar-refractivity contribution < 1.29 is 0 Å². The van der Waals surface area contributed by atoms with Crippen LogP contribution in [0, 0.1) is 19.8 Å². The molecule has 0 unspecified atom stereocenters. The summed E-state index contributed by atoms with van der Waals surface area (Å²) in [4.78, 5) is 0. The maximum atomic E-state index is 3.61. The van der Waals surface area contributed by atoms with Gasteiger partial charge in [0, 0.05) is 11.4 Å². The molecule has 0 saturated heterocycles. The van der Waals surface area contributed by atoms with Gasteiger partial charge in [0.1, 0.15) is 0 Å². The second-order valence-electron chi connectivity index (χ2n) is 5.65. The van der Waals surface area contributed by atoms with Crippen LogP contribution in [-0.2, 0) is 6.42 Å². The first-order valence-electron chi connectivity index (χ1n) is 6.99. The second kappa shape index (κ2) is 5.92. The van der Waals surface area contributed by atoms with E-state index in [9.17, 15) is 0 Å². The highest BCUT2D eigenvalue weighted by Gasteiger charge is 2.07. The summed E-state index contributed by atoms with van der Waals surface area (Å²) in [5, 5.41) is 3.61. The van der Waals surface area contributed by atoms with Gasteiger partial charge in [0.05, 0.1) is 0 Å². The number of para-hydroxylation sites is 2. The largest absolute Gasteiger partial charge is 0.355 e. The van der Waals surface area contributed by atoms with E-state index in [0.717, 1.165) is 6.42 Å². The van der Waals surface area contributed by atoms with Crippen molar-refractivity contribution in [3.8, 4) is 0 Å². The molecule has 0 radical (unpaired) electrons. The van der Waals surface area contributed by atoms with Gasteiger partial charge in [-0.05, 0) is 48.9 Å². The molecule has 0 fully saturated rings. The molecule has 1 heteroatoms. The molecule has 0 saturated carbocycles. The molecular formula is C18H23N. The third kappa shape index (κ3) is 3.37. The highest BCUT2D eigenvalue weighted by molar-refractivity contribution is 5.68. The number of hydrogen-bond donors (Lipinski definition) is 1. The maximum Gasteiger partial charge on any atom is 0.0443 e. The maximum absolute atomic E-state index is 3.61. The van der Waals surface area contributed by atoms with E-state index in [-0.39, 0.29) is 0 Å². The van der Waals surface area contributed by atoms with Crippen LogP contribution in [0.25, 0.3) is 0 Å². The Morgan fingerprint density at radius 1 is 0.895 bits per heavy atom. The van der Waals surface area contributed by atoms with Crippen LogP contribution in [0.1, 0.15) is 30.5 Å². The van der Waals surface area contributed by atoms with Gasteiger partial charge in [-0.15, -0.1) is 0 Å². The molecule has 0 atom stereocenters. The predicted octanol–water partition coefficient (Wildman–Crippen LogP) is 5.25. The molecule has 2 aromatic carbocycles. The van der Waals surface area contributed by atoms with E-state index in [4.69, 9.17) is 0 Å². The highest BCUT2D eigenvalue weighted by atomic mass is 14.9. The Morgan fingerprint density at radius 3 is 2.16 bits per heavy atom. The summed E-state index contributed by atoms with van der Waals surface area (Å²) in [7, 11) is 0. The molecule has 1 nitrogen and oxygen atoms in total. The number of benzene rings is 2. The molecule has 0 spiro atoms. The Morgan fingerprint density at radius 2 is 1.53 bits per heavy atom. The number of rotatable bonds is 4. The quantitative estimate of drug-likeness (QED) is 0.785. The highest BCUT2D eigenvalue weighted by Crippen LogP contribution is 2.27. The summed E-state index contributed by atoms with van der Waals surface area (Å²) < 4.78 is 0. The van der Waals surface area contributed by atoms with Crippen LogP contribution in [0.15, 0.2) is 42.5 Å². The fourth-order valence-corrected chi connectivity index (χ4v) is 2.41. The minimum absolute atomic E-state index is 0.668. The van der Waals surface area contributed by atoms with Gasteiger partial charge in [-0.1, -0.05) is 50.2 Å². The minimum atomic E-state index is 0.668. The van der Waals surface area contributed by atoms with Crippen molar-refractivity contribution in [2.24, 2.45) is 5.92 Å². The lowest BCUT2D eigenvalue weighted by Gasteiger charge is -2.17. The van der Waals surface area contributed by atoms with Crippen LogP contribution in [0.2, 0.25) is 0 Å². The molecule has 1 N–H and O–H groups in total. The molecule has 2 aromatic rings. The van der Waals surface area contributed by atoms with E-state index in [0.29, 0.717) is 5.92 Å². The Kier molecular flexibility index (Phi) is 4.26. The zero-order chi connectivity index (χ0) is 13.8. The van der Waals surface area contributed by atoms with E-state index < -0.39 is 0 Å². The first-order valence-corrected chi connectivity index (χ1v) is 6.99. The molecule has 0 aliphatic rings. The number of aryl methyl sites for hydroxylation is 2. The van der Waals surface area contributed by atoms with Gasteiger partial charge in [-0.3, -0.25) is 0 Å². The smallest absolute Gasteiger partial charge is 0.0443 e. The summed E-state index contributed by atoms with van der Waals surface area (Å²) in [5.41, 5.74) is 6.44. The van der Waals surface area contributed by atoms with Crippen molar-refractivity contribution in [1.29, 1.82) is 0 Å². The van der Waals surface area contributed by atoms with Gasteiger partial charge >= 0.3 is 0 Å². The SMILES string of the molecule is Cc1cccc(C)c1Nc1ccccc1CC(C)C. The van der Waals surface area contributed by atoms with Gasteiger partial charge < -0.3 is 5.32 Å². The van der Waals surface area contributed by atoms with Crippen molar-refractivity contribution in [1.82, 2.24) is 0 Å². The minimum Gasteiger partial charge on any atom is -0.355 e. The third-order valence-electron chi connectivity index (χ3n) is 3.39. The lowest BCUT2D eigenvalue weighted by molar-refractivity contribution is 0.648. The summed E-state index contributed by atoms with van der Waals surface area (Å²) >= 11 is 0. The Bertz CT molecular complexity index is 535. The molecular weight excluding hydrogens is 230 g/mol. The van der Waals surface area contributed by atoms with Crippen molar-refractivity contribution in [2.45, 2.75) is 34.1 Å². The van der Waals surface area contributed by atoms with E-state index in [1.807, 2.05) is 0 Å². The van der Waals surface area contributed by atoms with Crippen LogP contribution < -0.4 is 5.32 Å². The number of nitrogens with one attached hydrogen (secondary N) is 1. The molecule has 2 rings (SSSR count). The zero-order valence-electron chi connectivity index (χ0n) is 12.3. The van der Waals surface area contributed by atoms with Crippen LogP contribution >= 0.6 is 0 Å². The lowest BCUT2D eigenvalue weighted by atomic mass is 10.0. The molecule has 0 aliphatic heterocycles. The normalized spacial score (nSPS) is 10.8. The first kappa shape index (κ1) is 13.7. The molecule has 0 amide bonds. The Hall–Kier alpha value is -1.76. The van der Waals surface area contributed by atoms with E-state index in [1.165, 1.54) is 28.1 Å². The van der Waals surface area contributed by atoms with Crippen molar-refractivity contribution in [3.63, 3.8) is 0 Å². The van der Waals surface area contributed by atoms with E-state index >= 15 is 0 Å².